The predicted molar refractivity (Wildman–Crippen MR) is 360 cm³/mol. The molecule has 0 spiro atoms. The van der Waals surface area contributed by atoms with Crippen LogP contribution in [0.15, 0.2) is 170 Å². The lowest BCUT2D eigenvalue weighted by atomic mass is 10.1. The van der Waals surface area contributed by atoms with Crippen LogP contribution in [0.25, 0.3) is 0 Å². The summed E-state index contributed by atoms with van der Waals surface area (Å²) in [6.45, 7) is 4.04. The van der Waals surface area contributed by atoms with Gasteiger partial charge in [0.15, 0.2) is 6.10 Å². The highest BCUT2D eigenvalue weighted by molar-refractivity contribution is 7.45. The van der Waals surface area contributed by atoms with Crippen molar-refractivity contribution in [2.75, 3.05) is 47.5 Å². The van der Waals surface area contributed by atoms with Gasteiger partial charge in [0.1, 0.15) is 19.8 Å². The molecule has 0 aliphatic heterocycles. The summed E-state index contributed by atoms with van der Waals surface area (Å²) in [6.07, 6.45) is 95.6. The van der Waals surface area contributed by atoms with Gasteiger partial charge < -0.3 is 27.9 Å². The molecule has 84 heavy (non-hydrogen) atoms. The van der Waals surface area contributed by atoms with Crippen molar-refractivity contribution in [2.24, 2.45) is 0 Å². The van der Waals surface area contributed by atoms with E-state index >= 15 is 0 Å². The van der Waals surface area contributed by atoms with Crippen LogP contribution in [0.5, 0.6) is 0 Å². The van der Waals surface area contributed by atoms with Crippen LogP contribution in [-0.2, 0) is 32.7 Å². The van der Waals surface area contributed by atoms with Gasteiger partial charge in [-0.25, -0.2) is 0 Å². The van der Waals surface area contributed by atoms with Gasteiger partial charge in [0.05, 0.1) is 27.7 Å². The SMILES string of the molecule is CC/C=C\C/C=C\C/C=C\C/C=C\C/C=C\C/C=C\C/C=C\C/C=C\C/C=C\C/C=C\C/C=C\C/C=C\CCCCC(=O)OC(COC(=O)CCCCCCCCCCC/C=C\C/C=C\CCCCCCC)COP(=O)([O-])OCC[N+](C)(C)C. The third kappa shape index (κ3) is 66.5. The standard InChI is InChI=1S/C74H120NO8P/c1-6-8-10-12-14-16-18-20-22-24-26-28-29-30-31-32-33-34-35-36-37-38-39-40-41-42-43-44-45-47-49-51-53-55-57-59-61-63-65-67-74(77)83-72(71-82-84(78,79)81-69-68-75(3,4)5)70-80-73(76)66-64-62-60-58-56-54-52-50-48-46-27-25-23-21-19-17-15-13-11-9-7-2/h8,10,14,16,19-22,25-28,30-31,33-34,36-37,39-40,42-43,45,47,51,53,57,59,72H,6-7,9,11-13,15,17-18,23-24,29,32,35,38,41,44,46,48-50,52,54-56,58,60-71H2,1-5H3/b10-8-,16-14-,21-19-,22-20-,27-25-,28-26-,31-30-,34-33-,37-36-,40-39-,43-42-,47-45-,53-51-,59-57-. The molecule has 2 atom stereocenters. The minimum atomic E-state index is -4.67. The van der Waals surface area contributed by atoms with Gasteiger partial charge in [-0.3, -0.25) is 14.2 Å². The Morgan fingerprint density at radius 3 is 1.04 bits per heavy atom. The van der Waals surface area contributed by atoms with Crippen LogP contribution in [-0.4, -0.2) is 70.0 Å². The number of nitrogens with zero attached hydrogens (tertiary/aromatic N) is 1. The zero-order valence-corrected chi connectivity index (χ0v) is 54.7. The second-order valence-electron chi connectivity index (χ2n) is 22.4. The van der Waals surface area contributed by atoms with Crippen LogP contribution in [0.3, 0.4) is 0 Å². The number of hydrogen-bond donors (Lipinski definition) is 0. The molecule has 0 N–H and O–H groups in total. The number of ether oxygens (including phenoxy) is 2. The number of unbranched alkanes of at least 4 members (excludes halogenated alkanes) is 16. The minimum absolute atomic E-state index is 0.0494. The summed E-state index contributed by atoms with van der Waals surface area (Å²) in [5.41, 5.74) is 0. The fraction of sp³-hybridized carbons (Fsp3) is 0.595. The summed E-state index contributed by atoms with van der Waals surface area (Å²) in [6, 6.07) is 0. The Labute approximate surface area is 515 Å². The third-order valence-corrected chi connectivity index (χ3v) is 14.2. The number of rotatable bonds is 58. The van der Waals surface area contributed by atoms with Gasteiger partial charge in [-0.2, -0.15) is 0 Å². The number of hydrogen-bond acceptors (Lipinski definition) is 8. The van der Waals surface area contributed by atoms with E-state index in [9.17, 15) is 19.0 Å². The quantitative estimate of drug-likeness (QED) is 0.0195. The molecule has 10 heteroatoms. The Morgan fingerprint density at radius 2 is 0.679 bits per heavy atom. The van der Waals surface area contributed by atoms with Crippen molar-refractivity contribution in [3.05, 3.63) is 170 Å². The Kier molecular flexibility index (Phi) is 59.4. The number of carbonyl (C=O) groups excluding carboxylic acids is 2. The van der Waals surface area contributed by atoms with Crippen molar-refractivity contribution < 1.29 is 42.1 Å². The average molecular weight is 1180 g/mol. The predicted octanol–water partition coefficient (Wildman–Crippen LogP) is 20.7. The Morgan fingerprint density at radius 1 is 0.381 bits per heavy atom. The lowest BCUT2D eigenvalue weighted by molar-refractivity contribution is -0.870. The second-order valence-corrected chi connectivity index (χ2v) is 23.8. The van der Waals surface area contributed by atoms with E-state index in [0.29, 0.717) is 23.9 Å². The molecule has 474 valence electrons. The van der Waals surface area contributed by atoms with Crippen molar-refractivity contribution in [2.45, 2.75) is 238 Å². The number of likely N-dealkylation sites (N-methyl/N-ethyl adjacent to an activating group) is 1. The van der Waals surface area contributed by atoms with Gasteiger partial charge in [0, 0.05) is 12.8 Å². The summed E-state index contributed by atoms with van der Waals surface area (Å²) in [5.74, 6) is -0.901. The van der Waals surface area contributed by atoms with Gasteiger partial charge in [-0.05, 0) is 135 Å². The molecule has 2 unspecified atom stereocenters. The maximum absolute atomic E-state index is 12.8. The van der Waals surface area contributed by atoms with E-state index in [4.69, 9.17) is 18.5 Å². The Balaban J connectivity index is 4.25. The van der Waals surface area contributed by atoms with Crippen molar-refractivity contribution in [3.63, 3.8) is 0 Å². The van der Waals surface area contributed by atoms with Crippen molar-refractivity contribution >= 4 is 19.8 Å². The van der Waals surface area contributed by atoms with E-state index in [0.717, 1.165) is 122 Å². The molecule has 0 aromatic rings. The normalized spacial score (nSPS) is 14.3. The van der Waals surface area contributed by atoms with E-state index in [1.165, 1.54) is 70.6 Å². The number of esters is 2. The fourth-order valence-electron chi connectivity index (χ4n) is 8.20. The maximum atomic E-state index is 12.8. The second kappa shape index (κ2) is 62.9. The fourth-order valence-corrected chi connectivity index (χ4v) is 8.92. The number of carbonyl (C=O) groups is 2. The van der Waals surface area contributed by atoms with Crippen molar-refractivity contribution in [1.82, 2.24) is 0 Å². The molecule has 0 aromatic carbocycles. The molecule has 0 fully saturated rings. The minimum Gasteiger partial charge on any atom is -0.756 e. The smallest absolute Gasteiger partial charge is 0.306 e. The van der Waals surface area contributed by atoms with Gasteiger partial charge in [0.2, 0.25) is 0 Å². The van der Waals surface area contributed by atoms with Crippen molar-refractivity contribution in [1.29, 1.82) is 0 Å². The molecule has 0 aliphatic carbocycles. The first-order valence-corrected chi connectivity index (χ1v) is 34.3. The molecule has 0 aliphatic rings. The van der Waals surface area contributed by atoms with Crippen LogP contribution in [0.1, 0.15) is 232 Å². The van der Waals surface area contributed by atoms with Crippen LogP contribution in [0.4, 0.5) is 0 Å². The largest absolute Gasteiger partial charge is 0.756 e. The molecule has 0 bridgehead atoms. The number of phosphoric ester groups is 1. The molecule has 0 aromatic heterocycles. The van der Waals surface area contributed by atoms with Crippen LogP contribution in [0, 0.1) is 0 Å². The van der Waals surface area contributed by atoms with Gasteiger partial charge in [-0.15, -0.1) is 0 Å². The topological polar surface area (TPSA) is 111 Å². The number of phosphoric acid groups is 1. The lowest BCUT2D eigenvalue weighted by Gasteiger charge is -2.28. The van der Waals surface area contributed by atoms with Crippen molar-refractivity contribution in [3.8, 4) is 0 Å². The number of quaternary nitrogens is 1. The highest BCUT2D eigenvalue weighted by Crippen LogP contribution is 2.38. The Bertz CT molecular complexity index is 2020. The van der Waals surface area contributed by atoms with E-state index in [1.54, 1.807) is 0 Å². The van der Waals surface area contributed by atoms with E-state index in [-0.39, 0.29) is 26.1 Å². The first-order valence-electron chi connectivity index (χ1n) is 32.8. The molecular weight excluding hydrogens is 1060 g/mol. The average Bonchev–Trinajstić information content (AvgIpc) is 3.61. The van der Waals surface area contributed by atoms with Gasteiger partial charge in [0.25, 0.3) is 7.82 Å². The van der Waals surface area contributed by atoms with E-state index < -0.39 is 32.5 Å². The van der Waals surface area contributed by atoms with Crippen LogP contribution < -0.4 is 4.89 Å². The van der Waals surface area contributed by atoms with Crippen LogP contribution >= 0.6 is 7.82 Å². The molecular formula is C74H120NO8P. The molecule has 0 heterocycles. The summed E-state index contributed by atoms with van der Waals surface area (Å²) in [7, 11) is 1.11. The maximum Gasteiger partial charge on any atom is 0.306 e. The summed E-state index contributed by atoms with van der Waals surface area (Å²) in [5, 5.41) is 0. The van der Waals surface area contributed by atoms with Crippen LogP contribution in [0.2, 0.25) is 0 Å². The van der Waals surface area contributed by atoms with E-state index in [1.807, 2.05) is 21.1 Å². The van der Waals surface area contributed by atoms with Gasteiger partial charge in [-0.1, -0.05) is 255 Å². The third-order valence-electron chi connectivity index (χ3n) is 13.2. The van der Waals surface area contributed by atoms with Gasteiger partial charge >= 0.3 is 11.9 Å². The molecule has 9 nitrogen and oxygen atoms in total. The van der Waals surface area contributed by atoms with E-state index in [2.05, 4.69) is 184 Å². The molecule has 0 saturated carbocycles. The zero-order valence-electron chi connectivity index (χ0n) is 53.8. The molecule has 0 radical (unpaired) electrons. The monoisotopic (exact) mass is 1180 g/mol. The Hall–Kier alpha value is -4.63. The summed E-state index contributed by atoms with van der Waals surface area (Å²) < 4.78 is 34.2. The lowest BCUT2D eigenvalue weighted by Crippen LogP contribution is -2.37. The number of allylic oxidation sites excluding steroid dienone is 28. The molecule has 0 rings (SSSR count). The summed E-state index contributed by atoms with van der Waals surface area (Å²) >= 11 is 0. The summed E-state index contributed by atoms with van der Waals surface area (Å²) in [4.78, 5) is 37.9. The zero-order chi connectivity index (χ0) is 61.2. The first kappa shape index (κ1) is 79.4. The highest BCUT2D eigenvalue weighted by atomic mass is 31.2. The highest BCUT2D eigenvalue weighted by Gasteiger charge is 2.22. The first-order chi connectivity index (χ1) is 41.0. The molecule has 0 saturated heterocycles. The molecule has 0 amide bonds.